The number of aryl methyl sites for hydroxylation is 1. The molecule has 0 bridgehead atoms. The normalized spacial score (nSPS) is 25.7. The second-order valence-electron chi connectivity index (χ2n) is 7.14. The lowest BCUT2D eigenvalue weighted by molar-refractivity contribution is -0.149. The van der Waals surface area contributed by atoms with Gasteiger partial charge in [-0.15, -0.1) is 0 Å². The Kier molecular flexibility index (Phi) is 4.26. The third-order valence-corrected chi connectivity index (χ3v) is 5.95. The molecule has 1 aromatic carbocycles. The van der Waals surface area contributed by atoms with Gasteiger partial charge in [-0.05, 0) is 43.4 Å². The lowest BCUT2D eigenvalue weighted by Gasteiger charge is -2.23. The molecule has 0 aromatic heterocycles. The Balaban J connectivity index is 1.85. The predicted octanol–water partition coefficient (Wildman–Crippen LogP) is 1.69. The van der Waals surface area contributed by atoms with E-state index in [-0.39, 0.29) is 18.4 Å². The van der Waals surface area contributed by atoms with Crippen LogP contribution in [0.5, 0.6) is 0 Å². The maximum atomic E-state index is 12.8. The molecule has 0 spiro atoms. The molecule has 2 N–H and O–H groups in total. The van der Waals surface area contributed by atoms with Crippen LogP contribution in [0, 0.1) is 18.3 Å². The summed E-state index contributed by atoms with van der Waals surface area (Å²) in [6.45, 7) is 2.41. The van der Waals surface area contributed by atoms with E-state index in [1.807, 2.05) is 0 Å². The van der Waals surface area contributed by atoms with Crippen molar-refractivity contribution in [2.45, 2.75) is 26.2 Å². The minimum Gasteiger partial charge on any atom is -0.481 e. The van der Waals surface area contributed by atoms with Gasteiger partial charge in [-0.1, -0.05) is 12.5 Å². The summed E-state index contributed by atoms with van der Waals surface area (Å²) >= 11 is 0. The van der Waals surface area contributed by atoms with E-state index in [1.54, 1.807) is 24.0 Å². The first kappa shape index (κ1) is 17.7. The standard InChI is InChI=1S/C17H22N2O5S/c1-11-5-6-12(8-14(11)18-25(2,23)24)15(20)19-9-13-4-3-7-17(13,10-19)16(21)22/h5-6,8,13,18H,3-4,7,9-10H2,1-2H3,(H,21,22)/t13-,17+/m0/s1. The van der Waals surface area contributed by atoms with Crippen LogP contribution in [0.15, 0.2) is 18.2 Å². The van der Waals surface area contributed by atoms with E-state index < -0.39 is 21.4 Å². The number of sulfonamides is 1. The molecule has 1 aromatic rings. The summed E-state index contributed by atoms with van der Waals surface area (Å²) in [4.78, 5) is 26.2. The Bertz CT molecular complexity index is 835. The van der Waals surface area contributed by atoms with Crippen molar-refractivity contribution in [3.63, 3.8) is 0 Å². The molecule has 2 aliphatic rings. The van der Waals surface area contributed by atoms with Gasteiger partial charge in [-0.3, -0.25) is 14.3 Å². The molecule has 0 unspecified atom stereocenters. The molecule has 2 atom stereocenters. The Morgan fingerprint density at radius 3 is 2.68 bits per heavy atom. The number of amides is 1. The summed E-state index contributed by atoms with van der Waals surface area (Å²) in [5, 5.41) is 9.64. The van der Waals surface area contributed by atoms with Crippen LogP contribution in [0.1, 0.15) is 35.2 Å². The summed E-state index contributed by atoms with van der Waals surface area (Å²) in [5.74, 6) is -1.09. The fourth-order valence-electron chi connectivity index (χ4n) is 4.04. The minimum atomic E-state index is -3.45. The highest BCUT2D eigenvalue weighted by atomic mass is 32.2. The van der Waals surface area contributed by atoms with Crippen LogP contribution >= 0.6 is 0 Å². The molecule has 1 aliphatic heterocycles. The van der Waals surface area contributed by atoms with Crippen LogP contribution in [0.25, 0.3) is 0 Å². The van der Waals surface area contributed by atoms with Crippen molar-refractivity contribution in [2.75, 3.05) is 24.1 Å². The highest BCUT2D eigenvalue weighted by Crippen LogP contribution is 2.49. The minimum absolute atomic E-state index is 0.00647. The Morgan fingerprint density at radius 2 is 2.08 bits per heavy atom. The number of hydrogen-bond donors (Lipinski definition) is 2. The molecule has 2 fully saturated rings. The first-order valence-electron chi connectivity index (χ1n) is 8.23. The maximum absolute atomic E-state index is 12.8. The quantitative estimate of drug-likeness (QED) is 0.844. The number of anilines is 1. The van der Waals surface area contributed by atoms with Crippen LogP contribution in [0.2, 0.25) is 0 Å². The van der Waals surface area contributed by atoms with Crippen LogP contribution in [-0.2, 0) is 14.8 Å². The van der Waals surface area contributed by atoms with E-state index in [0.29, 0.717) is 29.8 Å². The fourth-order valence-corrected chi connectivity index (χ4v) is 4.66. The van der Waals surface area contributed by atoms with Gasteiger partial charge in [0.2, 0.25) is 10.0 Å². The number of likely N-dealkylation sites (tertiary alicyclic amines) is 1. The summed E-state index contributed by atoms with van der Waals surface area (Å²) in [6.07, 6.45) is 3.36. The van der Waals surface area contributed by atoms with Crippen LogP contribution in [-0.4, -0.2) is 49.6 Å². The van der Waals surface area contributed by atoms with Crippen molar-refractivity contribution in [1.29, 1.82) is 0 Å². The molecule has 0 radical (unpaired) electrons. The van der Waals surface area contributed by atoms with E-state index >= 15 is 0 Å². The molecule has 1 amide bonds. The van der Waals surface area contributed by atoms with Gasteiger partial charge >= 0.3 is 5.97 Å². The van der Waals surface area contributed by atoms with Gasteiger partial charge in [0.05, 0.1) is 17.4 Å². The van der Waals surface area contributed by atoms with Gasteiger partial charge in [0.25, 0.3) is 5.91 Å². The van der Waals surface area contributed by atoms with E-state index in [1.165, 1.54) is 6.07 Å². The number of benzene rings is 1. The van der Waals surface area contributed by atoms with Crippen LogP contribution in [0.4, 0.5) is 5.69 Å². The number of rotatable bonds is 4. The molecule has 1 saturated carbocycles. The third kappa shape index (κ3) is 3.22. The number of carbonyl (C=O) groups excluding carboxylic acids is 1. The van der Waals surface area contributed by atoms with Crippen molar-refractivity contribution in [3.05, 3.63) is 29.3 Å². The number of carbonyl (C=O) groups is 2. The van der Waals surface area contributed by atoms with Crippen LogP contribution < -0.4 is 4.72 Å². The average Bonchev–Trinajstić information content (AvgIpc) is 3.05. The van der Waals surface area contributed by atoms with E-state index in [2.05, 4.69) is 4.72 Å². The molecule has 7 nitrogen and oxygen atoms in total. The van der Waals surface area contributed by atoms with Crippen molar-refractivity contribution >= 4 is 27.6 Å². The number of carboxylic acid groups (broad SMARTS) is 1. The molecule has 1 aliphatic carbocycles. The summed E-state index contributed by atoms with van der Waals surface area (Å²) in [6, 6.07) is 4.84. The second kappa shape index (κ2) is 6.01. The molecular weight excluding hydrogens is 344 g/mol. The third-order valence-electron chi connectivity index (χ3n) is 5.36. The number of nitrogens with one attached hydrogen (secondary N) is 1. The lowest BCUT2D eigenvalue weighted by atomic mass is 9.81. The first-order chi connectivity index (χ1) is 11.6. The largest absolute Gasteiger partial charge is 0.481 e. The van der Waals surface area contributed by atoms with Crippen molar-refractivity contribution in [2.24, 2.45) is 11.3 Å². The number of hydrogen-bond acceptors (Lipinski definition) is 4. The topological polar surface area (TPSA) is 104 Å². The molecule has 3 rings (SSSR count). The van der Waals surface area contributed by atoms with Gasteiger partial charge in [0.1, 0.15) is 0 Å². The fraction of sp³-hybridized carbons (Fsp3) is 0.529. The second-order valence-corrected chi connectivity index (χ2v) is 8.89. The first-order valence-corrected chi connectivity index (χ1v) is 10.1. The van der Waals surface area contributed by atoms with Gasteiger partial charge in [0.15, 0.2) is 0 Å². The number of carboxylic acids is 1. The zero-order valence-electron chi connectivity index (χ0n) is 14.3. The van der Waals surface area contributed by atoms with Gasteiger partial charge < -0.3 is 10.0 Å². The zero-order chi connectivity index (χ0) is 18.4. The van der Waals surface area contributed by atoms with Gasteiger partial charge in [-0.2, -0.15) is 0 Å². The molecule has 1 heterocycles. The summed E-state index contributed by atoms with van der Waals surface area (Å²) < 4.78 is 25.3. The Labute approximate surface area is 147 Å². The Morgan fingerprint density at radius 1 is 1.36 bits per heavy atom. The van der Waals surface area contributed by atoms with Crippen molar-refractivity contribution in [1.82, 2.24) is 4.90 Å². The summed E-state index contributed by atoms with van der Waals surface area (Å²) in [5.41, 5.74) is 0.606. The van der Waals surface area contributed by atoms with E-state index in [9.17, 15) is 23.1 Å². The van der Waals surface area contributed by atoms with Crippen LogP contribution in [0.3, 0.4) is 0 Å². The SMILES string of the molecule is Cc1ccc(C(=O)N2C[C@@H]3CCC[C@@]3(C(=O)O)C2)cc1NS(C)(=O)=O. The van der Waals surface area contributed by atoms with E-state index in [0.717, 1.165) is 19.1 Å². The predicted molar refractivity (Wildman–Crippen MR) is 93.0 cm³/mol. The number of fused-ring (bicyclic) bond motifs is 1. The number of aliphatic carboxylic acids is 1. The number of nitrogens with zero attached hydrogens (tertiary/aromatic N) is 1. The highest BCUT2D eigenvalue weighted by Gasteiger charge is 2.55. The van der Waals surface area contributed by atoms with Gasteiger partial charge in [-0.25, -0.2) is 8.42 Å². The zero-order valence-corrected chi connectivity index (χ0v) is 15.1. The Hall–Kier alpha value is -2.09. The molecule has 25 heavy (non-hydrogen) atoms. The molecular formula is C17H22N2O5S. The molecule has 1 saturated heterocycles. The monoisotopic (exact) mass is 366 g/mol. The van der Waals surface area contributed by atoms with E-state index in [4.69, 9.17) is 0 Å². The average molecular weight is 366 g/mol. The van der Waals surface area contributed by atoms with Gasteiger partial charge in [0, 0.05) is 18.7 Å². The highest BCUT2D eigenvalue weighted by molar-refractivity contribution is 7.92. The van der Waals surface area contributed by atoms with Crippen molar-refractivity contribution < 1.29 is 23.1 Å². The smallest absolute Gasteiger partial charge is 0.311 e. The maximum Gasteiger partial charge on any atom is 0.311 e. The summed E-state index contributed by atoms with van der Waals surface area (Å²) in [7, 11) is -3.45. The van der Waals surface area contributed by atoms with Crippen molar-refractivity contribution in [3.8, 4) is 0 Å². The molecule has 136 valence electrons. The molecule has 8 heteroatoms. The lowest BCUT2D eigenvalue weighted by Crippen LogP contribution is -2.37.